The van der Waals surface area contributed by atoms with E-state index in [9.17, 15) is 0 Å². The van der Waals surface area contributed by atoms with E-state index in [1.807, 2.05) is 13.8 Å². The number of fused-ring (bicyclic) bond motifs is 1. The van der Waals surface area contributed by atoms with E-state index >= 15 is 0 Å². The molecule has 4 nitrogen and oxygen atoms in total. The minimum atomic E-state index is 0.102. The Labute approximate surface area is 117 Å². The molecule has 102 valence electrons. The quantitative estimate of drug-likeness (QED) is 0.867. The molecule has 0 amide bonds. The van der Waals surface area contributed by atoms with Crippen LogP contribution in [0.5, 0.6) is 0 Å². The lowest BCUT2D eigenvalue weighted by Gasteiger charge is -2.32. The lowest BCUT2D eigenvalue weighted by atomic mass is 9.77. The van der Waals surface area contributed by atoms with E-state index in [0.29, 0.717) is 0 Å². The van der Waals surface area contributed by atoms with E-state index in [1.54, 1.807) is 11.3 Å². The number of aryl methyl sites for hydroxylation is 2. The lowest BCUT2D eigenvalue weighted by Crippen LogP contribution is -2.28. The number of aromatic nitrogens is 2. The van der Waals surface area contributed by atoms with E-state index in [-0.39, 0.29) is 11.5 Å². The van der Waals surface area contributed by atoms with Crippen LogP contribution >= 0.6 is 11.3 Å². The van der Waals surface area contributed by atoms with Crippen LogP contribution in [0.15, 0.2) is 4.52 Å². The van der Waals surface area contributed by atoms with Crippen molar-refractivity contribution in [1.82, 2.24) is 10.1 Å². The van der Waals surface area contributed by atoms with Gasteiger partial charge in [-0.15, -0.1) is 11.3 Å². The van der Waals surface area contributed by atoms with Crippen molar-refractivity contribution in [3.05, 3.63) is 22.0 Å². The van der Waals surface area contributed by atoms with Crippen LogP contribution in [0.1, 0.15) is 48.3 Å². The Hall–Kier alpha value is -1.20. The summed E-state index contributed by atoms with van der Waals surface area (Å²) in [4.78, 5) is 6.03. The highest BCUT2D eigenvalue weighted by atomic mass is 32.1. The average Bonchev–Trinajstić information content (AvgIpc) is 2.81. The van der Waals surface area contributed by atoms with Gasteiger partial charge >= 0.3 is 0 Å². The number of hydrogen-bond donors (Lipinski definition) is 1. The second kappa shape index (κ2) is 4.15. The normalized spacial score (nSPS) is 21.4. The third kappa shape index (κ3) is 2.11. The molecular weight excluding hydrogens is 258 g/mol. The van der Waals surface area contributed by atoms with Crippen molar-refractivity contribution in [2.24, 2.45) is 11.1 Å². The van der Waals surface area contributed by atoms with Crippen molar-refractivity contribution in [3.63, 3.8) is 0 Å². The second-order valence-corrected chi connectivity index (χ2v) is 7.21. The first-order valence-electron chi connectivity index (χ1n) is 6.56. The highest BCUT2D eigenvalue weighted by Crippen LogP contribution is 2.44. The number of nitrogens with two attached hydrogens (primary N) is 1. The summed E-state index contributed by atoms with van der Waals surface area (Å²) < 4.78 is 5.23. The van der Waals surface area contributed by atoms with Gasteiger partial charge in [0.15, 0.2) is 0 Å². The van der Waals surface area contributed by atoms with Crippen LogP contribution in [0, 0.1) is 19.3 Å². The smallest absolute Gasteiger partial charge is 0.144 e. The molecule has 2 N–H and O–H groups in total. The Balaban J connectivity index is 2.09. The standard InChI is InChI=1S/C14H19N3OS/c1-7-11(8(2)18-17-7)13-16-10-6-14(3,4)5-9(15)12(10)19-13/h9H,5-6,15H2,1-4H3. The molecule has 2 heterocycles. The molecule has 3 rings (SSSR count). The van der Waals surface area contributed by atoms with E-state index in [0.717, 1.165) is 40.6 Å². The van der Waals surface area contributed by atoms with Gasteiger partial charge in [0.05, 0.1) is 17.0 Å². The van der Waals surface area contributed by atoms with Crippen LogP contribution in [0.25, 0.3) is 10.6 Å². The fraction of sp³-hybridized carbons (Fsp3) is 0.571. The molecule has 19 heavy (non-hydrogen) atoms. The molecule has 0 saturated carbocycles. The van der Waals surface area contributed by atoms with Gasteiger partial charge in [-0.25, -0.2) is 4.98 Å². The molecule has 0 bridgehead atoms. The van der Waals surface area contributed by atoms with Crippen LogP contribution in [0.4, 0.5) is 0 Å². The number of hydrogen-bond acceptors (Lipinski definition) is 5. The summed E-state index contributed by atoms with van der Waals surface area (Å²) in [5, 5.41) is 5.00. The highest BCUT2D eigenvalue weighted by molar-refractivity contribution is 7.15. The third-order valence-electron chi connectivity index (χ3n) is 3.73. The fourth-order valence-electron chi connectivity index (χ4n) is 2.89. The molecule has 0 aromatic carbocycles. The molecule has 2 aromatic heterocycles. The molecule has 1 atom stereocenters. The molecule has 2 aromatic rings. The van der Waals surface area contributed by atoms with Gasteiger partial charge in [-0.1, -0.05) is 19.0 Å². The predicted octanol–water partition coefficient (Wildman–Crippen LogP) is 3.39. The summed E-state index contributed by atoms with van der Waals surface area (Å²) in [6.07, 6.45) is 2.01. The molecule has 1 aliphatic carbocycles. The van der Waals surface area contributed by atoms with Gasteiger partial charge in [-0.05, 0) is 32.1 Å². The molecule has 5 heteroatoms. The van der Waals surface area contributed by atoms with Gasteiger partial charge in [0.1, 0.15) is 10.8 Å². The maximum atomic E-state index is 6.30. The third-order valence-corrected chi connectivity index (χ3v) is 4.98. The Morgan fingerprint density at radius 2 is 2.11 bits per heavy atom. The largest absolute Gasteiger partial charge is 0.361 e. The summed E-state index contributed by atoms with van der Waals surface area (Å²) in [5.41, 5.74) is 9.62. The van der Waals surface area contributed by atoms with E-state index in [2.05, 4.69) is 19.0 Å². The maximum absolute atomic E-state index is 6.30. The van der Waals surface area contributed by atoms with Crippen molar-refractivity contribution < 1.29 is 4.52 Å². The van der Waals surface area contributed by atoms with Crippen LogP contribution in [-0.2, 0) is 6.42 Å². The summed E-state index contributed by atoms with van der Waals surface area (Å²) in [6.45, 7) is 8.39. The molecule has 0 spiro atoms. The van der Waals surface area contributed by atoms with Crippen molar-refractivity contribution >= 4 is 11.3 Å². The first kappa shape index (κ1) is 12.8. The summed E-state index contributed by atoms with van der Waals surface area (Å²) in [7, 11) is 0. The first-order chi connectivity index (χ1) is 8.87. The van der Waals surface area contributed by atoms with Crippen molar-refractivity contribution in [3.8, 4) is 10.6 Å². The van der Waals surface area contributed by atoms with Gasteiger partial charge in [-0.2, -0.15) is 0 Å². The topological polar surface area (TPSA) is 64.9 Å². The zero-order valence-corrected chi connectivity index (χ0v) is 12.6. The molecule has 0 aliphatic heterocycles. The summed E-state index contributed by atoms with van der Waals surface area (Å²) in [6, 6.07) is 0.102. The molecule has 0 radical (unpaired) electrons. The van der Waals surface area contributed by atoms with Gasteiger partial charge in [-0.3, -0.25) is 0 Å². The van der Waals surface area contributed by atoms with E-state index in [1.165, 1.54) is 4.88 Å². The Morgan fingerprint density at radius 3 is 2.74 bits per heavy atom. The van der Waals surface area contributed by atoms with E-state index in [4.69, 9.17) is 15.2 Å². The average molecular weight is 277 g/mol. The molecule has 0 saturated heterocycles. The highest BCUT2D eigenvalue weighted by Gasteiger charge is 2.34. The minimum Gasteiger partial charge on any atom is -0.361 e. The van der Waals surface area contributed by atoms with Gasteiger partial charge < -0.3 is 10.3 Å². The minimum absolute atomic E-state index is 0.102. The van der Waals surface area contributed by atoms with Crippen LogP contribution < -0.4 is 5.73 Å². The SMILES string of the molecule is Cc1noc(C)c1-c1nc2c(s1)C(N)CC(C)(C)C2. The Morgan fingerprint density at radius 1 is 1.37 bits per heavy atom. The van der Waals surface area contributed by atoms with Crippen molar-refractivity contribution in [2.75, 3.05) is 0 Å². The van der Waals surface area contributed by atoms with Crippen LogP contribution in [0.2, 0.25) is 0 Å². The maximum Gasteiger partial charge on any atom is 0.144 e. The fourth-order valence-corrected chi connectivity index (χ4v) is 4.12. The van der Waals surface area contributed by atoms with E-state index < -0.39 is 0 Å². The number of rotatable bonds is 1. The zero-order valence-electron chi connectivity index (χ0n) is 11.8. The molecule has 1 unspecified atom stereocenters. The lowest BCUT2D eigenvalue weighted by molar-refractivity contribution is 0.282. The number of thiazole rings is 1. The Bertz CT molecular complexity index is 607. The number of nitrogens with zero attached hydrogens (tertiary/aromatic N) is 2. The van der Waals surface area contributed by atoms with Crippen molar-refractivity contribution in [1.29, 1.82) is 0 Å². The second-order valence-electron chi connectivity index (χ2n) is 6.18. The van der Waals surface area contributed by atoms with Gasteiger partial charge in [0, 0.05) is 10.9 Å². The first-order valence-corrected chi connectivity index (χ1v) is 7.37. The molecule has 1 aliphatic rings. The Kier molecular flexibility index (Phi) is 2.80. The van der Waals surface area contributed by atoms with Crippen LogP contribution in [-0.4, -0.2) is 10.1 Å². The molecular formula is C14H19N3OS. The van der Waals surface area contributed by atoms with Crippen LogP contribution in [0.3, 0.4) is 0 Å². The van der Waals surface area contributed by atoms with Gasteiger partial charge in [0.25, 0.3) is 0 Å². The van der Waals surface area contributed by atoms with Crippen molar-refractivity contribution in [2.45, 2.75) is 46.6 Å². The molecule has 0 fully saturated rings. The zero-order chi connectivity index (χ0) is 13.8. The monoisotopic (exact) mass is 277 g/mol. The summed E-state index contributed by atoms with van der Waals surface area (Å²) >= 11 is 1.69. The van der Waals surface area contributed by atoms with Gasteiger partial charge in [0.2, 0.25) is 0 Å². The predicted molar refractivity (Wildman–Crippen MR) is 76.1 cm³/mol. The summed E-state index contributed by atoms with van der Waals surface area (Å²) in [5.74, 6) is 0.830.